The van der Waals surface area contributed by atoms with Gasteiger partial charge in [-0.1, -0.05) is 6.07 Å². The Bertz CT molecular complexity index is 1060. The van der Waals surface area contributed by atoms with Crippen molar-refractivity contribution in [1.82, 2.24) is 9.78 Å². The summed E-state index contributed by atoms with van der Waals surface area (Å²) in [5.74, 6) is -4.11. The van der Waals surface area contributed by atoms with Crippen LogP contribution in [0.1, 0.15) is 75.1 Å². The highest BCUT2D eigenvalue weighted by molar-refractivity contribution is 5.99. The van der Waals surface area contributed by atoms with Crippen molar-refractivity contribution in [3.05, 3.63) is 52.1 Å². The smallest absolute Gasteiger partial charge is 0.419 e. The minimum Gasteiger partial charge on any atom is -0.461 e. The van der Waals surface area contributed by atoms with Crippen molar-refractivity contribution in [3.8, 4) is 0 Å². The molecule has 0 radical (unpaired) electrons. The number of hydrogen-bond acceptors (Lipinski definition) is 6. The van der Waals surface area contributed by atoms with E-state index in [9.17, 15) is 31.9 Å². The third kappa shape index (κ3) is 4.81. The monoisotopic (exact) mass is 456 g/mol. The molecule has 1 aromatic carbocycles. The van der Waals surface area contributed by atoms with Gasteiger partial charge in [0.2, 0.25) is 0 Å². The predicted octanol–water partition coefficient (Wildman–Crippen LogP) is 4.15. The van der Waals surface area contributed by atoms with Crippen molar-refractivity contribution in [2.24, 2.45) is 0 Å². The van der Waals surface area contributed by atoms with Crippen LogP contribution < -0.4 is 0 Å². The number of Topliss-reactive ketones (excluding diaryl/α,β-unsaturated/α-hetero) is 1. The van der Waals surface area contributed by atoms with Crippen LogP contribution in [-0.2, 0) is 22.2 Å². The molecule has 0 N–H and O–H groups in total. The predicted molar refractivity (Wildman–Crippen MR) is 102 cm³/mol. The van der Waals surface area contributed by atoms with Crippen LogP contribution in [0, 0.1) is 5.82 Å². The molecule has 0 atom stereocenters. The van der Waals surface area contributed by atoms with Gasteiger partial charge in [-0.25, -0.2) is 18.7 Å². The largest absolute Gasteiger partial charge is 0.461 e. The van der Waals surface area contributed by atoms with Gasteiger partial charge in [0.25, 0.3) is 0 Å². The molecule has 0 bridgehead atoms. The molecule has 1 heterocycles. The van der Waals surface area contributed by atoms with E-state index in [1.54, 1.807) is 13.8 Å². The fraction of sp³-hybridized carbons (Fsp3) is 0.429. The number of hydrogen-bond donors (Lipinski definition) is 0. The topological polar surface area (TPSA) is 87.5 Å². The summed E-state index contributed by atoms with van der Waals surface area (Å²) in [5.41, 5.74) is -1.75. The van der Waals surface area contributed by atoms with Crippen molar-refractivity contribution in [2.75, 3.05) is 13.2 Å². The highest BCUT2D eigenvalue weighted by Crippen LogP contribution is 2.44. The summed E-state index contributed by atoms with van der Waals surface area (Å²) >= 11 is 0. The van der Waals surface area contributed by atoms with Gasteiger partial charge < -0.3 is 9.47 Å². The van der Waals surface area contributed by atoms with E-state index in [-0.39, 0.29) is 36.1 Å². The minimum absolute atomic E-state index is 0.0287. The Balaban J connectivity index is 2.00. The van der Waals surface area contributed by atoms with Crippen molar-refractivity contribution >= 4 is 17.7 Å². The Hall–Kier alpha value is -3.24. The number of alkyl halides is 3. The summed E-state index contributed by atoms with van der Waals surface area (Å²) in [7, 11) is 0. The van der Waals surface area contributed by atoms with E-state index in [1.165, 1.54) is 0 Å². The minimum atomic E-state index is -4.90. The van der Waals surface area contributed by atoms with Crippen LogP contribution in [0.2, 0.25) is 0 Å². The Morgan fingerprint density at radius 1 is 1.09 bits per heavy atom. The number of rotatable bonds is 8. The zero-order valence-electron chi connectivity index (χ0n) is 17.3. The van der Waals surface area contributed by atoms with Gasteiger partial charge in [-0.05, 0) is 44.7 Å². The molecular formula is C21H20F4N2O5. The van der Waals surface area contributed by atoms with E-state index in [0.717, 1.165) is 10.7 Å². The molecule has 0 unspecified atom stereocenters. The molecule has 11 heteroatoms. The summed E-state index contributed by atoms with van der Waals surface area (Å²) in [4.78, 5) is 37.7. The van der Waals surface area contributed by atoms with Gasteiger partial charge in [0.05, 0.1) is 18.8 Å². The molecule has 3 rings (SSSR count). The van der Waals surface area contributed by atoms with Crippen LogP contribution in [0.15, 0.2) is 18.2 Å². The second-order valence-electron chi connectivity index (χ2n) is 7.10. The second-order valence-corrected chi connectivity index (χ2v) is 7.10. The van der Waals surface area contributed by atoms with Crippen molar-refractivity contribution < 1.29 is 41.4 Å². The Morgan fingerprint density at radius 3 is 2.25 bits per heavy atom. The zero-order valence-corrected chi connectivity index (χ0v) is 17.3. The first-order valence-corrected chi connectivity index (χ1v) is 9.93. The van der Waals surface area contributed by atoms with Crippen molar-refractivity contribution in [1.29, 1.82) is 0 Å². The average Bonchev–Trinajstić information content (AvgIpc) is 3.48. The molecule has 0 saturated heterocycles. The number of nitrogens with zero attached hydrogens (tertiary/aromatic N) is 2. The quantitative estimate of drug-likeness (QED) is 0.337. The zero-order chi connectivity index (χ0) is 23.6. The SMILES string of the molecule is CCOC(=O)c1nn(CC(=O)c2ccc(C(F)(F)F)c(F)c2)c(C(=O)OCC)c1C1CC1. The molecule has 1 aromatic heterocycles. The van der Waals surface area contributed by atoms with E-state index in [1.807, 2.05) is 0 Å². The molecule has 1 fully saturated rings. The van der Waals surface area contributed by atoms with E-state index in [2.05, 4.69) is 5.10 Å². The lowest BCUT2D eigenvalue weighted by atomic mass is 10.1. The first-order chi connectivity index (χ1) is 15.1. The van der Waals surface area contributed by atoms with Crippen LogP contribution >= 0.6 is 0 Å². The Labute approximate surface area is 180 Å². The van der Waals surface area contributed by atoms with Gasteiger partial charge in [0.1, 0.15) is 12.4 Å². The number of carbonyl (C=O) groups is 3. The average molecular weight is 456 g/mol. The standard InChI is InChI=1S/C21H20F4N2O5/c1-3-31-19(29)17-16(11-5-6-11)18(20(30)32-4-2)27(26-17)10-15(28)12-7-8-13(14(22)9-12)21(23,24)25/h7-9,11H,3-6,10H2,1-2H3. The third-order valence-electron chi connectivity index (χ3n) is 4.80. The highest BCUT2D eigenvalue weighted by atomic mass is 19.4. The normalized spacial score (nSPS) is 13.7. The number of aromatic nitrogens is 2. The number of carbonyl (C=O) groups excluding carboxylic acids is 3. The van der Waals surface area contributed by atoms with Gasteiger partial charge in [0, 0.05) is 11.1 Å². The van der Waals surface area contributed by atoms with E-state index >= 15 is 0 Å². The van der Waals surface area contributed by atoms with Crippen LogP contribution in [0.4, 0.5) is 17.6 Å². The highest BCUT2D eigenvalue weighted by Gasteiger charge is 2.39. The molecule has 1 aliphatic carbocycles. The Kier molecular flexibility index (Phi) is 6.65. The van der Waals surface area contributed by atoms with Crippen molar-refractivity contribution in [3.63, 3.8) is 0 Å². The lowest BCUT2D eigenvalue weighted by Gasteiger charge is -2.10. The fourth-order valence-electron chi connectivity index (χ4n) is 3.26. The molecule has 0 aliphatic heterocycles. The lowest BCUT2D eigenvalue weighted by Crippen LogP contribution is -2.20. The molecule has 1 aliphatic rings. The summed E-state index contributed by atoms with van der Waals surface area (Å²) in [5, 5.41) is 4.08. The molecule has 2 aromatic rings. The van der Waals surface area contributed by atoms with Gasteiger partial charge in [0.15, 0.2) is 17.2 Å². The maximum Gasteiger partial charge on any atom is 0.419 e. The summed E-state index contributed by atoms with van der Waals surface area (Å²) in [6.45, 7) is 2.66. The van der Waals surface area contributed by atoms with Crippen LogP contribution in [0.5, 0.6) is 0 Å². The molecule has 7 nitrogen and oxygen atoms in total. The van der Waals surface area contributed by atoms with Crippen LogP contribution in [0.25, 0.3) is 0 Å². The molecular weight excluding hydrogens is 436 g/mol. The number of ether oxygens (including phenoxy) is 2. The number of halogens is 4. The lowest BCUT2D eigenvalue weighted by molar-refractivity contribution is -0.140. The first-order valence-electron chi connectivity index (χ1n) is 9.93. The summed E-state index contributed by atoms with van der Waals surface area (Å²) in [6, 6.07) is 1.79. The number of benzene rings is 1. The molecule has 172 valence electrons. The van der Waals surface area contributed by atoms with Crippen LogP contribution in [-0.4, -0.2) is 40.7 Å². The van der Waals surface area contributed by atoms with Gasteiger partial charge >= 0.3 is 18.1 Å². The molecule has 1 saturated carbocycles. The van der Waals surface area contributed by atoms with E-state index in [0.29, 0.717) is 30.5 Å². The molecule has 32 heavy (non-hydrogen) atoms. The fourth-order valence-corrected chi connectivity index (χ4v) is 3.26. The Morgan fingerprint density at radius 2 is 1.72 bits per heavy atom. The van der Waals surface area contributed by atoms with Gasteiger partial charge in [-0.15, -0.1) is 0 Å². The molecule has 0 spiro atoms. The number of esters is 2. The van der Waals surface area contributed by atoms with Crippen molar-refractivity contribution in [2.45, 2.75) is 45.3 Å². The third-order valence-corrected chi connectivity index (χ3v) is 4.80. The second kappa shape index (κ2) is 9.09. The van der Waals surface area contributed by atoms with E-state index < -0.39 is 41.8 Å². The molecule has 0 amide bonds. The number of ketones is 1. The summed E-state index contributed by atoms with van der Waals surface area (Å²) < 4.78 is 63.2. The van der Waals surface area contributed by atoms with Gasteiger partial charge in [-0.3, -0.25) is 4.79 Å². The maximum absolute atomic E-state index is 13.9. The first kappa shape index (κ1) is 23.4. The van der Waals surface area contributed by atoms with Crippen LogP contribution in [0.3, 0.4) is 0 Å². The summed E-state index contributed by atoms with van der Waals surface area (Å²) in [6.07, 6.45) is -3.51. The van der Waals surface area contributed by atoms with E-state index in [4.69, 9.17) is 9.47 Å². The van der Waals surface area contributed by atoms with Gasteiger partial charge in [-0.2, -0.15) is 18.3 Å². The maximum atomic E-state index is 13.9.